The van der Waals surface area contributed by atoms with Crippen LogP contribution in [-0.2, 0) is 17.0 Å². The second-order valence-electron chi connectivity index (χ2n) is 6.57. The Morgan fingerprint density at radius 3 is 2.56 bits per heavy atom. The number of thioether (sulfide) groups is 1. The molecule has 0 unspecified atom stereocenters. The molecule has 5 heteroatoms. The highest BCUT2D eigenvalue weighted by Gasteiger charge is 2.11. The summed E-state index contributed by atoms with van der Waals surface area (Å²) in [6.07, 6.45) is 1.86. The van der Waals surface area contributed by atoms with Gasteiger partial charge in [-0.3, -0.25) is 9.59 Å². The highest BCUT2D eigenvalue weighted by molar-refractivity contribution is 7.99. The topological polar surface area (TPSA) is 55.4 Å². The molecule has 0 aromatic heterocycles. The van der Waals surface area contributed by atoms with Crippen molar-refractivity contribution in [1.29, 1.82) is 0 Å². The first-order valence-corrected chi connectivity index (χ1v) is 10.2. The van der Waals surface area contributed by atoms with E-state index in [1.807, 2.05) is 31.2 Å². The lowest BCUT2D eigenvalue weighted by molar-refractivity contribution is -0.119. The van der Waals surface area contributed by atoms with E-state index in [9.17, 15) is 9.59 Å². The molecule has 4 nitrogen and oxygen atoms in total. The van der Waals surface area contributed by atoms with Gasteiger partial charge >= 0.3 is 0 Å². The first-order valence-electron chi connectivity index (χ1n) is 9.08. The number of Topliss-reactive ketones (excluding diaryl/α,β-unsaturated/α-hetero) is 1. The van der Waals surface area contributed by atoms with Gasteiger partial charge in [0.05, 0.1) is 12.9 Å². The van der Waals surface area contributed by atoms with E-state index in [1.165, 1.54) is 17.3 Å². The lowest BCUT2D eigenvalue weighted by atomic mass is 10.1. The number of amides is 1. The van der Waals surface area contributed by atoms with Gasteiger partial charge in [-0.25, -0.2) is 0 Å². The summed E-state index contributed by atoms with van der Waals surface area (Å²) in [5, 5.41) is 3.05. The number of ether oxygens (including phenoxy) is 1. The van der Waals surface area contributed by atoms with Crippen LogP contribution in [0.25, 0.3) is 0 Å². The van der Waals surface area contributed by atoms with E-state index in [-0.39, 0.29) is 17.7 Å². The molecule has 0 aliphatic carbocycles. The van der Waals surface area contributed by atoms with E-state index in [1.54, 1.807) is 26.2 Å². The molecule has 2 rings (SSSR count). The summed E-state index contributed by atoms with van der Waals surface area (Å²) in [5.74, 6) is 1.79. The van der Waals surface area contributed by atoms with Crippen LogP contribution >= 0.6 is 11.8 Å². The normalized spacial score (nSPS) is 11.7. The van der Waals surface area contributed by atoms with Crippen molar-refractivity contribution in [3.8, 4) is 5.75 Å². The predicted molar refractivity (Wildman–Crippen MR) is 112 cm³/mol. The number of hydrogen-bond donors (Lipinski definition) is 1. The monoisotopic (exact) mass is 385 g/mol. The molecule has 0 aliphatic heterocycles. The summed E-state index contributed by atoms with van der Waals surface area (Å²) in [7, 11) is 1.61. The van der Waals surface area contributed by atoms with Gasteiger partial charge in [0.25, 0.3) is 0 Å². The number of methoxy groups -OCH3 is 1. The number of rotatable bonds is 10. The zero-order chi connectivity index (χ0) is 19.6. The third kappa shape index (κ3) is 7.10. The number of aryl methyl sites for hydroxylation is 1. The second-order valence-corrected chi connectivity index (χ2v) is 7.55. The van der Waals surface area contributed by atoms with E-state index in [0.29, 0.717) is 17.1 Å². The van der Waals surface area contributed by atoms with Gasteiger partial charge in [-0.1, -0.05) is 30.3 Å². The molecule has 0 saturated heterocycles. The minimum Gasteiger partial charge on any atom is -0.496 e. The molecule has 2 aromatic rings. The number of carbonyl (C=O) groups is 2. The first kappa shape index (κ1) is 21.0. The molecule has 0 bridgehead atoms. The van der Waals surface area contributed by atoms with Gasteiger partial charge in [0.15, 0.2) is 5.78 Å². The Labute approximate surface area is 165 Å². The van der Waals surface area contributed by atoms with Crippen molar-refractivity contribution in [3.63, 3.8) is 0 Å². The Balaban J connectivity index is 1.77. The van der Waals surface area contributed by atoms with E-state index < -0.39 is 0 Å². The highest BCUT2D eigenvalue weighted by Crippen LogP contribution is 2.24. The lowest BCUT2D eigenvalue weighted by Crippen LogP contribution is -2.34. The summed E-state index contributed by atoms with van der Waals surface area (Å²) in [6, 6.07) is 15.8. The molecule has 0 saturated carbocycles. The van der Waals surface area contributed by atoms with Crippen molar-refractivity contribution < 1.29 is 14.3 Å². The Kier molecular flexibility index (Phi) is 8.40. The minimum absolute atomic E-state index is 0.0221. The summed E-state index contributed by atoms with van der Waals surface area (Å²) >= 11 is 1.52. The predicted octanol–water partition coefficient (Wildman–Crippen LogP) is 4.27. The first-order chi connectivity index (χ1) is 13.0. The Bertz CT molecular complexity index is 761. The third-order valence-corrected chi connectivity index (χ3v) is 5.28. The molecular weight excluding hydrogens is 358 g/mol. The quantitative estimate of drug-likeness (QED) is 0.621. The Hall–Kier alpha value is -2.27. The molecule has 1 N–H and O–H groups in total. The molecule has 1 amide bonds. The molecule has 0 radical (unpaired) electrons. The zero-order valence-corrected chi connectivity index (χ0v) is 17.0. The third-order valence-electron chi connectivity index (χ3n) is 4.29. The number of hydrogen-bond acceptors (Lipinski definition) is 4. The molecule has 0 aliphatic rings. The van der Waals surface area contributed by atoms with Crippen molar-refractivity contribution in [2.45, 2.75) is 38.5 Å². The smallest absolute Gasteiger partial charge is 0.230 e. The van der Waals surface area contributed by atoms with Gasteiger partial charge in [-0.15, -0.1) is 11.8 Å². The van der Waals surface area contributed by atoms with Crippen molar-refractivity contribution >= 4 is 23.5 Å². The van der Waals surface area contributed by atoms with Crippen LogP contribution < -0.4 is 10.1 Å². The Morgan fingerprint density at radius 1 is 1.15 bits per heavy atom. The highest BCUT2D eigenvalue weighted by atomic mass is 32.2. The lowest BCUT2D eigenvalue weighted by Gasteiger charge is -2.14. The molecule has 1 atom stereocenters. The maximum absolute atomic E-state index is 12.2. The summed E-state index contributed by atoms with van der Waals surface area (Å²) < 4.78 is 5.35. The van der Waals surface area contributed by atoms with Crippen LogP contribution in [0.4, 0.5) is 0 Å². The zero-order valence-electron chi connectivity index (χ0n) is 16.2. The van der Waals surface area contributed by atoms with Crippen LogP contribution in [-0.4, -0.2) is 30.6 Å². The maximum Gasteiger partial charge on any atom is 0.230 e. The van der Waals surface area contributed by atoms with Crippen LogP contribution in [0.15, 0.2) is 48.5 Å². The van der Waals surface area contributed by atoms with Crippen molar-refractivity contribution in [2.75, 3.05) is 12.9 Å². The minimum atomic E-state index is 0.0221. The molecule has 2 aromatic carbocycles. The second kappa shape index (κ2) is 10.8. The summed E-state index contributed by atoms with van der Waals surface area (Å²) in [4.78, 5) is 23.7. The van der Waals surface area contributed by atoms with Gasteiger partial charge < -0.3 is 10.1 Å². The fraction of sp³-hybridized carbons (Fsp3) is 0.364. The van der Waals surface area contributed by atoms with E-state index >= 15 is 0 Å². The summed E-state index contributed by atoms with van der Waals surface area (Å²) in [6.45, 7) is 3.58. The molecular formula is C22H27NO3S. The average molecular weight is 386 g/mol. The van der Waals surface area contributed by atoms with Crippen molar-refractivity contribution in [1.82, 2.24) is 5.32 Å². The van der Waals surface area contributed by atoms with Crippen LogP contribution in [0.2, 0.25) is 0 Å². The molecule has 144 valence electrons. The van der Waals surface area contributed by atoms with Gasteiger partial charge in [0, 0.05) is 22.9 Å². The van der Waals surface area contributed by atoms with Gasteiger partial charge in [-0.05, 0) is 50.5 Å². The van der Waals surface area contributed by atoms with Crippen LogP contribution in [0.5, 0.6) is 5.75 Å². The summed E-state index contributed by atoms with van der Waals surface area (Å²) in [5.41, 5.74) is 2.87. The van der Waals surface area contributed by atoms with Gasteiger partial charge in [0.2, 0.25) is 5.91 Å². The molecule has 0 spiro atoms. The fourth-order valence-corrected chi connectivity index (χ4v) is 3.60. The van der Waals surface area contributed by atoms with Crippen LogP contribution in [0, 0.1) is 0 Å². The van der Waals surface area contributed by atoms with E-state index in [0.717, 1.165) is 24.2 Å². The number of ketones is 1. The molecule has 27 heavy (non-hydrogen) atoms. The largest absolute Gasteiger partial charge is 0.496 e. The average Bonchev–Trinajstić information content (AvgIpc) is 2.67. The maximum atomic E-state index is 12.2. The van der Waals surface area contributed by atoms with Crippen LogP contribution in [0.1, 0.15) is 41.8 Å². The van der Waals surface area contributed by atoms with Gasteiger partial charge in [0.1, 0.15) is 5.75 Å². The number of nitrogens with one attached hydrogen (secondary N) is 1. The molecule has 0 heterocycles. The van der Waals surface area contributed by atoms with E-state index in [2.05, 4.69) is 17.4 Å². The standard InChI is InChI=1S/C22H27NO3S/c1-16(9-10-18-7-5-4-6-8-18)23-22(25)15-27-14-20-13-19(17(2)24)11-12-21(20)26-3/h4-8,11-13,16H,9-10,14-15H2,1-3H3,(H,23,25)/t16-/m1/s1. The van der Waals surface area contributed by atoms with Crippen molar-refractivity contribution in [2.24, 2.45) is 0 Å². The number of carbonyl (C=O) groups excluding carboxylic acids is 2. The molecule has 0 fully saturated rings. The SMILES string of the molecule is COc1ccc(C(C)=O)cc1CSCC(=O)N[C@H](C)CCc1ccccc1. The van der Waals surface area contributed by atoms with E-state index in [4.69, 9.17) is 4.74 Å². The Morgan fingerprint density at radius 2 is 1.89 bits per heavy atom. The number of benzene rings is 2. The van der Waals surface area contributed by atoms with Gasteiger partial charge in [-0.2, -0.15) is 0 Å². The van der Waals surface area contributed by atoms with Crippen LogP contribution in [0.3, 0.4) is 0 Å². The fourth-order valence-electron chi connectivity index (χ4n) is 2.78. The van der Waals surface area contributed by atoms with Crippen molar-refractivity contribution in [3.05, 3.63) is 65.2 Å².